The fraction of sp³-hybridized carbons (Fsp3) is 1.00. The number of alkyl halides is 1. The van der Waals surface area contributed by atoms with Crippen LogP contribution in [0.25, 0.3) is 0 Å². The molecule has 0 aromatic carbocycles. The molecule has 0 aliphatic heterocycles. The van der Waals surface area contributed by atoms with Gasteiger partial charge in [0.15, 0.2) is 0 Å². The molecule has 0 fully saturated rings. The minimum absolute atomic E-state index is 0.690. The molecule has 0 saturated carbocycles. The zero-order valence-corrected chi connectivity index (χ0v) is 6.16. The van der Waals surface area contributed by atoms with Crippen LogP contribution in [-0.4, -0.2) is 4.43 Å². The van der Waals surface area contributed by atoms with Crippen molar-refractivity contribution in [2.45, 2.75) is 26.1 Å². The second-order valence-electron chi connectivity index (χ2n) is 1.15. The highest BCUT2D eigenvalue weighted by Crippen LogP contribution is 1.96. The van der Waals surface area contributed by atoms with Gasteiger partial charge in [0.05, 0.1) is 0 Å². The minimum Gasteiger partial charge on any atom is -0.0864 e. The van der Waals surface area contributed by atoms with Gasteiger partial charge in [0.1, 0.15) is 0 Å². The molecule has 38 valence electrons. The van der Waals surface area contributed by atoms with E-state index in [1.165, 1.54) is 0 Å². The molecule has 0 heterocycles. The van der Waals surface area contributed by atoms with Gasteiger partial charge in [-0.1, -0.05) is 42.3 Å². The predicted molar refractivity (Wildman–Crippen MR) is 38.4 cm³/mol. The fourth-order valence-electron chi connectivity index (χ4n) is 0.244. The lowest BCUT2D eigenvalue weighted by molar-refractivity contribution is 0.785. The van der Waals surface area contributed by atoms with Crippen molar-refractivity contribution in [3.05, 3.63) is 0 Å². The van der Waals surface area contributed by atoms with Crippen LogP contribution in [0.3, 0.4) is 0 Å². The summed E-state index contributed by atoms with van der Waals surface area (Å²) in [5.74, 6) is 0. The predicted octanol–water partition coefficient (Wildman–Crippen LogP) is 2.61. The van der Waals surface area contributed by atoms with Crippen LogP contribution in [0, 0.1) is 0 Å². The van der Waals surface area contributed by atoms with Crippen LogP contribution in [0.4, 0.5) is 0 Å². The Morgan fingerprint density at radius 1 is 1.67 bits per heavy atom. The summed E-state index contributed by atoms with van der Waals surface area (Å²) in [6, 6.07) is 0. The molecule has 0 nitrogen and oxygen atoms in total. The van der Waals surface area contributed by atoms with Gasteiger partial charge < -0.3 is 0 Å². The summed E-state index contributed by atoms with van der Waals surface area (Å²) in [5, 5.41) is 0. The number of hydrogen-bond acceptors (Lipinski definition) is 0. The van der Waals surface area contributed by atoms with Crippen LogP contribution in [0.5, 0.6) is 0 Å². The van der Waals surface area contributed by atoms with Crippen LogP contribution in [0.15, 0.2) is 0 Å². The van der Waals surface area contributed by atoms with Crippen LogP contribution in [-0.2, 0) is 0 Å². The van der Waals surface area contributed by atoms with E-state index >= 15 is 0 Å². The van der Waals surface area contributed by atoms with Crippen LogP contribution >= 0.6 is 22.6 Å². The molecule has 0 aliphatic carbocycles. The Morgan fingerprint density at radius 3 is 2.50 bits per heavy atom. The van der Waals surface area contributed by atoms with E-state index in [9.17, 15) is 0 Å². The maximum absolute atomic E-state index is 7.10. The summed E-state index contributed by atoms with van der Waals surface area (Å²) in [4.78, 5) is 0. The quantitative estimate of drug-likeness (QED) is 0.485. The van der Waals surface area contributed by atoms with Crippen LogP contribution in [0.2, 0.25) is 0 Å². The minimum atomic E-state index is -0.953. The molecule has 0 aromatic heterocycles. The highest BCUT2D eigenvalue weighted by Gasteiger charge is 1.76. The van der Waals surface area contributed by atoms with Gasteiger partial charge in [-0.15, -0.1) is 0 Å². The lowest BCUT2D eigenvalue weighted by atomic mass is 10.3. The largest absolute Gasteiger partial charge is 0.0864 e. The molecule has 0 unspecified atom stereocenters. The first-order valence-corrected chi connectivity index (χ1v) is 3.65. The first-order valence-electron chi connectivity index (χ1n) is 3.12. The van der Waals surface area contributed by atoms with E-state index in [0.29, 0.717) is 6.42 Å². The van der Waals surface area contributed by atoms with Crippen LogP contribution < -0.4 is 0 Å². The molecule has 0 N–H and O–H groups in total. The van der Waals surface area contributed by atoms with E-state index in [1.54, 1.807) is 6.92 Å². The first kappa shape index (κ1) is 3.70. The normalized spacial score (nSPS) is 16.3. The number of hydrogen-bond donors (Lipinski definition) is 0. The molecule has 0 amide bonds. The molecule has 0 radical (unpaired) electrons. The Hall–Kier alpha value is 0.730. The van der Waals surface area contributed by atoms with Crippen molar-refractivity contribution >= 4 is 22.6 Å². The van der Waals surface area contributed by atoms with Crippen molar-refractivity contribution in [3.8, 4) is 0 Å². The standard InChI is InChI=1S/C5H11I/c1-2-3-4-5-6/h2-5H2,1H3/i2D2. The van der Waals surface area contributed by atoms with E-state index < -0.39 is 6.37 Å². The van der Waals surface area contributed by atoms with Crippen molar-refractivity contribution in [3.63, 3.8) is 0 Å². The van der Waals surface area contributed by atoms with Gasteiger partial charge in [0, 0.05) is 2.74 Å². The summed E-state index contributed by atoms with van der Waals surface area (Å²) in [6.07, 6.45) is 0.727. The fourth-order valence-corrected chi connectivity index (χ4v) is 0.625. The Morgan fingerprint density at radius 2 is 2.33 bits per heavy atom. The molecule has 0 aliphatic rings. The monoisotopic (exact) mass is 200 g/mol. The van der Waals surface area contributed by atoms with E-state index in [1.807, 2.05) is 0 Å². The molecule has 0 atom stereocenters. The average molecular weight is 200 g/mol. The first-order chi connectivity index (χ1) is 3.56. The van der Waals surface area contributed by atoms with Gasteiger partial charge in [-0.25, -0.2) is 0 Å². The molecule has 0 saturated heterocycles. The van der Waals surface area contributed by atoms with Gasteiger partial charge in [-0.05, 0) is 10.8 Å². The van der Waals surface area contributed by atoms with Gasteiger partial charge in [-0.3, -0.25) is 0 Å². The van der Waals surface area contributed by atoms with Crippen molar-refractivity contribution in [2.75, 3.05) is 4.43 Å². The molecule has 1 heteroatoms. The van der Waals surface area contributed by atoms with Gasteiger partial charge in [0.2, 0.25) is 0 Å². The Kier molecular flexibility index (Phi) is 3.53. The Labute approximate surface area is 56.3 Å². The third kappa shape index (κ3) is 4.73. The lowest BCUT2D eigenvalue weighted by Gasteiger charge is -1.85. The van der Waals surface area contributed by atoms with Crippen LogP contribution in [0.1, 0.15) is 28.9 Å². The number of halogens is 1. The summed E-state index contributed by atoms with van der Waals surface area (Å²) in [6.45, 7) is 1.62. The zero-order chi connectivity index (χ0) is 6.62. The van der Waals surface area contributed by atoms with Gasteiger partial charge in [0.25, 0.3) is 0 Å². The molecular weight excluding hydrogens is 187 g/mol. The molecule has 0 bridgehead atoms. The van der Waals surface area contributed by atoms with Gasteiger partial charge in [-0.2, -0.15) is 0 Å². The highest BCUT2D eigenvalue weighted by atomic mass is 127. The van der Waals surface area contributed by atoms with Crippen molar-refractivity contribution in [1.82, 2.24) is 0 Å². The van der Waals surface area contributed by atoms with E-state index in [-0.39, 0.29) is 0 Å². The molecule has 0 rings (SSSR count). The third-order valence-corrected chi connectivity index (χ3v) is 1.32. The van der Waals surface area contributed by atoms with E-state index in [2.05, 4.69) is 22.6 Å². The van der Waals surface area contributed by atoms with Crippen molar-refractivity contribution in [2.24, 2.45) is 0 Å². The second kappa shape index (κ2) is 5.73. The molecular formula is C5H11I. The summed E-state index contributed by atoms with van der Waals surface area (Å²) in [5.41, 5.74) is 0. The van der Waals surface area contributed by atoms with Crippen molar-refractivity contribution < 1.29 is 2.74 Å². The summed E-state index contributed by atoms with van der Waals surface area (Å²) < 4.78 is 15.3. The Balaban J connectivity index is 3.11. The molecule has 0 aromatic rings. The van der Waals surface area contributed by atoms with E-state index in [4.69, 9.17) is 2.74 Å². The smallest absolute Gasteiger partial charge is 0.0264 e. The molecule has 0 spiro atoms. The third-order valence-electron chi connectivity index (χ3n) is 0.560. The van der Waals surface area contributed by atoms with E-state index in [0.717, 1.165) is 10.8 Å². The topological polar surface area (TPSA) is 0 Å². The average Bonchev–Trinajstić information content (AvgIpc) is 1.59. The van der Waals surface area contributed by atoms with Gasteiger partial charge >= 0.3 is 0 Å². The maximum atomic E-state index is 7.10. The maximum Gasteiger partial charge on any atom is 0.0264 e. The summed E-state index contributed by atoms with van der Waals surface area (Å²) in [7, 11) is 0. The SMILES string of the molecule is [2H]C([2H])(C)CCCI. The van der Waals surface area contributed by atoms with Crippen molar-refractivity contribution in [1.29, 1.82) is 0 Å². The number of rotatable bonds is 3. The summed E-state index contributed by atoms with van der Waals surface area (Å²) >= 11 is 2.26. The zero-order valence-electron chi connectivity index (χ0n) is 6.00. The Bertz CT molecular complexity index is 57.9. The lowest BCUT2D eigenvalue weighted by Crippen LogP contribution is -1.70. The second-order valence-corrected chi connectivity index (χ2v) is 2.22. The molecule has 6 heavy (non-hydrogen) atoms. The highest BCUT2D eigenvalue weighted by molar-refractivity contribution is 14.1.